The van der Waals surface area contributed by atoms with E-state index in [0.717, 1.165) is 18.5 Å². The lowest BCUT2D eigenvalue weighted by Crippen LogP contribution is -2.27. The molecule has 1 fully saturated rings. The summed E-state index contributed by atoms with van der Waals surface area (Å²) in [7, 11) is 1.53. The predicted molar refractivity (Wildman–Crippen MR) is 111 cm³/mol. The molecule has 1 saturated carbocycles. The molecule has 2 heterocycles. The SMILES string of the molecule is C=C1C(=O)N=C(n2nc(C3CC3)cc2NC(=O)COc2ccccc2OC)N=C1C. The summed E-state index contributed by atoms with van der Waals surface area (Å²) in [5.41, 5.74) is 1.53. The summed E-state index contributed by atoms with van der Waals surface area (Å²) in [4.78, 5) is 32.8. The van der Waals surface area contributed by atoms with Crippen molar-refractivity contribution >= 4 is 29.3 Å². The van der Waals surface area contributed by atoms with E-state index in [9.17, 15) is 9.59 Å². The van der Waals surface area contributed by atoms with Crippen molar-refractivity contribution in [3.05, 3.63) is 48.2 Å². The van der Waals surface area contributed by atoms with E-state index in [1.165, 1.54) is 11.8 Å². The number of nitrogens with one attached hydrogen (secondary N) is 1. The second kappa shape index (κ2) is 7.94. The van der Waals surface area contributed by atoms with Gasteiger partial charge in [0, 0.05) is 12.0 Å². The number of hydrogen-bond donors (Lipinski definition) is 1. The average Bonchev–Trinajstić information content (AvgIpc) is 3.51. The first-order valence-corrected chi connectivity index (χ1v) is 9.50. The van der Waals surface area contributed by atoms with Gasteiger partial charge >= 0.3 is 0 Å². The number of carbonyl (C=O) groups excluding carboxylic acids is 2. The van der Waals surface area contributed by atoms with Crippen LogP contribution in [0, 0.1) is 0 Å². The predicted octanol–water partition coefficient (Wildman–Crippen LogP) is 2.55. The molecule has 154 valence electrons. The molecule has 2 aromatic rings. The minimum absolute atomic E-state index is 0.0951. The Hall–Kier alpha value is -3.75. The molecule has 0 unspecified atom stereocenters. The topological polar surface area (TPSA) is 107 Å². The van der Waals surface area contributed by atoms with Crippen molar-refractivity contribution in [2.45, 2.75) is 25.7 Å². The van der Waals surface area contributed by atoms with Crippen LogP contribution >= 0.6 is 0 Å². The lowest BCUT2D eigenvalue weighted by atomic mass is 10.2. The molecule has 0 saturated heterocycles. The van der Waals surface area contributed by atoms with Crippen molar-refractivity contribution in [1.82, 2.24) is 9.78 Å². The highest BCUT2D eigenvalue weighted by atomic mass is 16.5. The monoisotopic (exact) mass is 407 g/mol. The van der Waals surface area contributed by atoms with Gasteiger partial charge in [-0.25, -0.2) is 4.99 Å². The maximum Gasteiger partial charge on any atom is 0.281 e. The number of ether oxygens (including phenoxy) is 2. The second-order valence-corrected chi connectivity index (χ2v) is 7.02. The number of anilines is 1. The third kappa shape index (κ3) is 4.00. The van der Waals surface area contributed by atoms with Crippen LogP contribution in [0.4, 0.5) is 5.82 Å². The van der Waals surface area contributed by atoms with Crippen LogP contribution in [0.25, 0.3) is 0 Å². The van der Waals surface area contributed by atoms with E-state index in [1.807, 2.05) is 6.07 Å². The number of aliphatic imine (C=N–C) groups is 2. The van der Waals surface area contributed by atoms with Gasteiger partial charge in [0.05, 0.1) is 24.1 Å². The molecule has 9 heteroatoms. The molecule has 1 aliphatic heterocycles. The molecule has 1 N–H and O–H groups in total. The summed E-state index contributed by atoms with van der Waals surface area (Å²) < 4.78 is 12.2. The third-order valence-electron chi connectivity index (χ3n) is 4.77. The van der Waals surface area contributed by atoms with E-state index >= 15 is 0 Å². The molecule has 2 amide bonds. The lowest BCUT2D eigenvalue weighted by Gasteiger charge is -2.13. The molecule has 30 heavy (non-hydrogen) atoms. The summed E-state index contributed by atoms with van der Waals surface area (Å²) >= 11 is 0. The summed E-state index contributed by atoms with van der Waals surface area (Å²) in [6, 6.07) is 8.84. The van der Waals surface area contributed by atoms with Crippen LogP contribution in [-0.2, 0) is 9.59 Å². The normalized spacial score (nSPS) is 16.1. The zero-order valence-corrected chi connectivity index (χ0v) is 16.7. The summed E-state index contributed by atoms with van der Waals surface area (Å²) in [5.74, 6) is 0.940. The number of aromatic nitrogens is 2. The molecule has 1 aromatic carbocycles. The van der Waals surface area contributed by atoms with E-state index in [1.54, 1.807) is 31.2 Å². The lowest BCUT2D eigenvalue weighted by molar-refractivity contribution is -0.118. The zero-order chi connectivity index (χ0) is 21.3. The van der Waals surface area contributed by atoms with Crippen LogP contribution in [0.2, 0.25) is 0 Å². The Kier molecular flexibility index (Phi) is 5.18. The van der Waals surface area contributed by atoms with Crippen LogP contribution < -0.4 is 14.8 Å². The fraction of sp³-hybridized carbons (Fsp3) is 0.286. The standard InChI is InChI=1S/C21H21N5O4/c1-12-13(2)22-21(24-20(12)28)26-18(10-15(25-26)14-8-9-14)23-19(27)11-30-17-7-5-4-6-16(17)29-3/h4-7,10,14H,1,8-9,11H2,2-3H3,(H,23,27). The Balaban J connectivity index is 1.54. The molecule has 0 radical (unpaired) electrons. The van der Waals surface area contributed by atoms with E-state index in [0.29, 0.717) is 28.9 Å². The molecule has 0 atom stereocenters. The van der Waals surface area contributed by atoms with E-state index < -0.39 is 11.8 Å². The van der Waals surface area contributed by atoms with Crippen LogP contribution in [-0.4, -0.2) is 47.0 Å². The largest absolute Gasteiger partial charge is 0.493 e. The van der Waals surface area contributed by atoms with Gasteiger partial charge in [-0.05, 0) is 31.9 Å². The van der Waals surface area contributed by atoms with Gasteiger partial charge < -0.3 is 14.8 Å². The minimum atomic E-state index is -0.474. The van der Waals surface area contributed by atoms with Gasteiger partial charge in [-0.3, -0.25) is 9.59 Å². The maximum atomic E-state index is 12.5. The number of hydrogen-bond acceptors (Lipinski definition) is 6. The van der Waals surface area contributed by atoms with Crippen LogP contribution in [0.5, 0.6) is 11.5 Å². The van der Waals surface area contributed by atoms with Crippen LogP contribution in [0.3, 0.4) is 0 Å². The third-order valence-corrected chi connectivity index (χ3v) is 4.77. The van der Waals surface area contributed by atoms with Crippen molar-refractivity contribution in [2.75, 3.05) is 19.0 Å². The maximum absolute atomic E-state index is 12.5. The number of carbonyl (C=O) groups is 2. The second-order valence-electron chi connectivity index (χ2n) is 7.02. The van der Waals surface area contributed by atoms with E-state index in [-0.39, 0.29) is 18.1 Å². The molecule has 1 aromatic heterocycles. The minimum Gasteiger partial charge on any atom is -0.493 e. The number of methoxy groups -OCH3 is 1. The van der Waals surface area contributed by atoms with E-state index in [2.05, 4.69) is 27.0 Å². The van der Waals surface area contributed by atoms with Crippen molar-refractivity contribution < 1.29 is 19.1 Å². The Morgan fingerprint density at radius 2 is 2.00 bits per heavy atom. The zero-order valence-electron chi connectivity index (χ0n) is 16.7. The molecular formula is C21H21N5O4. The van der Waals surface area contributed by atoms with Gasteiger partial charge in [0.2, 0.25) is 0 Å². The van der Waals surface area contributed by atoms with Gasteiger partial charge in [-0.1, -0.05) is 18.7 Å². The Morgan fingerprint density at radius 1 is 1.27 bits per heavy atom. The van der Waals surface area contributed by atoms with Gasteiger partial charge in [0.15, 0.2) is 18.1 Å². The number of nitrogens with zero attached hydrogens (tertiary/aromatic N) is 4. The van der Waals surface area contributed by atoms with Gasteiger partial charge in [0.1, 0.15) is 5.82 Å². The average molecular weight is 407 g/mol. The summed E-state index contributed by atoms with van der Waals surface area (Å²) in [6.45, 7) is 5.12. The Labute approximate surface area is 173 Å². The van der Waals surface area contributed by atoms with E-state index in [4.69, 9.17) is 9.47 Å². The molecule has 1 aliphatic carbocycles. The Bertz CT molecular complexity index is 1090. The number of para-hydroxylation sites is 2. The van der Waals surface area contributed by atoms with Crippen molar-refractivity contribution in [3.8, 4) is 11.5 Å². The summed E-state index contributed by atoms with van der Waals surface area (Å²) in [5, 5.41) is 7.28. The number of benzene rings is 1. The van der Waals surface area contributed by atoms with Gasteiger partial charge in [0.25, 0.3) is 17.8 Å². The van der Waals surface area contributed by atoms with Crippen molar-refractivity contribution in [2.24, 2.45) is 9.98 Å². The molecule has 9 nitrogen and oxygen atoms in total. The summed E-state index contributed by atoms with van der Waals surface area (Å²) in [6.07, 6.45) is 2.07. The molecule has 2 aliphatic rings. The smallest absolute Gasteiger partial charge is 0.281 e. The van der Waals surface area contributed by atoms with Crippen molar-refractivity contribution in [3.63, 3.8) is 0 Å². The molecule has 4 rings (SSSR count). The molecular weight excluding hydrogens is 386 g/mol. The Morgan fingerprint density at radius 3 is 2.67 bits per heavy atom. The van der Waals surface area contributed by atoms with Crippen LogP contribution in [0.15, 0.2) is 52.5 Å². The number of rotatable bonds is 6. The quantitative estimate of drug-likeness (QED) is 0.741. The molecule has 0 bridgehead atoms. The fourth-order valence-electron chi connectivity index (χ4n) is 2.93. The van der Waals surface area contributed by atoms with Gasteiger partial charge in [-0.2, -0.15) is 14.8 Å². The van der Waals surface area contributed by atoms with Crippen molar-refractivity contribution in [1.29, 1.82) is 0 Å². The fourth-order valence-corrected chi connectivity index (χ4v) is 2.93. The van der Waals surface area contributed by atoms with Gasteiger partial charge in [-0.15, -0.1) is 0 Å². The highest BCUT2D eigenvalue weighted by molar-refractivity contribution is 6.27. The first-order chi connectivity index (χ1) is 14.5. The molecule has 0 spiro atoms. The van der Waals surface area contributed by atoms with Crippen LogP contribution in [0.1, 0.15) is 31.4 Å². The highest BCUT2D eigenvalue weighted by Gasteiger charge is 2.29. The first-order valence-electron chi connectivity index (χ1n) is 9.50. The first kappa shape index (κ1) is 19.6. The highest BCUT2D eigenvalue weighted by Crippen LogP contribution is 2.40. The number of amides is 2.